The van der Waals surface area contributed by atoms with Crippen LogP contribution in [0.1, 0.15) is 42.2 Å². The van der Waals surface area contributed by atoms with Crippen molar-refractivity contribution in [2.24, 2.45) is 0 Å². The summed E-state index contributed by atoms with van der Waals surface area (Å²) in [5.41, 5.74) is 1.70. The Balaban J connectivity index is 1.55. The van der Waals surface area contributed by atoms with Crippen molar-refractivity contribution in [1.29, 1.82) is 0 Å². The topological polar surface area (TPSA) is 55.4 Å². The van der Waals surface area contributed by atoms with E-state index in [0.717, 1.165) is 10.9 Å². The van der Waals surface area contributed by atoms with E-state index in [1.54, 1.807) is 24.3 Å². The standard InChI is InChI=1S/C23H23NO3/c1-3-22(25)18-10-12-21(13-11-18)27-15-23(26)24-16(2)19-9-8-17-6-4-5-7-20(17)14-19/h4-14,16H,3,15H2,1-2H3,(H,24,26). The summed E-state index contributed by atoms with van der Waals surface area (Å²) in [6.45, 7) is 3.71. The Labute approximate surface area is 159 Å². The van der Waals surface area contributed by atoms with E-state index in [1.165, 1.54) is 5.39 Å². The predicted octanol–water partition coefficient (Wildman–Crippen LogP) is 4.69. The molecule has 3 rings (SSSR count). The lowest BCUT2D eigenvalue weighted by Crippen LogP contribution is -2.31. The van der Waals surface area contributed by atoms with Crippen molar-refractivity contribution >= 4 is 22.5 Å². The van der Waals surface area contributed by atoms with Gasteiger partial charge in [0.25, 0.3) is 5.91 Å². The van der Waals surface area contributed by atoms with Gasteiger partial charge in [-0.2, -0.15) is 0 Å². The van der Waals surface area contributed by atoms with Gasteiger partial charge in [0.1, 0.15) is 5.75 Å². The maximum atomic E-state index is 12.2. The summed E-state index contributed by atoms with van der Waals surface area (Å²) in [6.07, 6.45) is 0.468. The molecular weight excluding hydrogens is 338 g/mol. The van der Waals surface area contributed by atoms with Crippen LogP contribution >= 0.6 is 0 Å². The van der Waals surface area contributed by atoms with Gasteiger partial charge in [0, 0.05) is 12.0 Å². The number of hydrogen-bond donors (Lipinski definition) is 1. The number of fused-ring (bicyclic) bond motifs is 1. The molecule has 0 aliphatic rings. The number of nitrogens with one attached hydrogen (secondary N) is 1. The third kappa shape index (κ3) is 4.73. The van der Waals surface area contributed by atoms with Crippen LogP contribution in [0, 0.1) is 0 Å². The SMILES string of the molecule is CCC(=O)c1ccc(OCC(=O)NC(C)c2ccc3ccccc3c2)cc1. The van der Waals surface area contributed by atoms with E-state index in [-0.39, 0.29) is 24.3 Å². The molecule has 3 aromatic rings. The van der Waals surface area contributed by atoms with Crippen molar-refractivity contribution in [3.05, 3.63) is 77.9 Å². The van der Waals surface area contributed by atoms with Crippen molar-refractivity contribution in [3.63, 3.8) is 0 Å². The monoisotopic (exact) mass is 361 g/mol. The van der Waals surface area contributed by atoms with Gasteiger partial charge in [-0.15, -0.1) is 0 Å². The molecule has 0 fully saturated rings. The largest absolute Gasteiger partial charge is 0.484 e. The Morgan fingerprint density at radius 2 is 1.67 bits per heavy atom. The number of benzene rings is 3. The third-order valence-corrected chi connectivity index (χ3v) is 4.52. The number of amides is 1. The van der Waals surface area contributed by atoms with Crippen LogP contribution in [-0.2, 0) is 4.79 Å². The first-order valence-corrected chi connectivity index (χ1v) is 9.11. The second-order valence-corrected chi connectivity index (χ2v) is 6.49. The fourth-order valence-corrected chi connectivity index (χ4v) is 2.93. The highest BCUT2D eigenvalue weighted by Crippen LogP contribution is 2.20. The van der Waals surface area contributed by atoms with E-state index in [4.69, 9.17) is 4.74 Å². The summed E-state index contributed by atoms with van der Waals surface area (Å²) in [4.78, 5) is 23.8. The molecule has 0 bridgehead atoms. The second-order valence-electron chi connectivity index (χ2n) is 6.49. The van der Waals surface area contributed by atoms with E-state index >= 15 is 0 Å². The highest BCUT2D eigenvalue weighted by Gasteiger charge is 2.11. The van der Waals surface area contributed by atoms with E-state index in [0.29, 0.717) is 17.7 Å². The van der Waals surface area contributed by atoms with Crippen molar-refractivity contribution in [2.45, 2.75) is 26.3 Å². The maximum absolute atomic E-state index is 12.2. The van der Waals surface area contributed by atoms with Crippen LogP contribution in [0.5, 0.6) is 5.75 Å². The molecule has 4 nitrogen and oxygen atoms in total. The molecule has 0 aliphatic heterocycles. The summed E-state index contributed by atoms with van der Waals surface area (Å²) in [6, 6.07) is 21.1. The summed E-state index contributed by atoms with van der Waals surface area (Å²) in [5, 5.41) is 5.27. The van der Waals surface area contributed by atoms with Crippen LogP contribution in [0.15, 0.2) is 66.7 Å². The Kier molecular flexibility index (Phi) is 5.87. The van der Waals surface area contributed by atoms with Crippen molar-refractivity contribution < 1.29 is 14.3 Å². The molecule has 27 heavy (non-hydrogen) atoms. The van der Waals surface area contributed by atoms with Gasteiger partial charge >= 0.3 is 0 Å². The Bertz CT molecular complexity index is 947. The van der Waals surface area contributed by atoms with Gasteiger partial charge in [-0.1, -0.05) is 43.3 Å². The average Bonchev–Trinajstić information content (AvgIpc) is 2.71. The van der Waals surface area contributed by atoms with Crippen LogP contribution in [0.3, 0.4) is 0 Å². The van der Waals surface area contributed by atoms with E-state index in [1.807, 2.05) is 32.0 Å². The molecule has 1 atom stereocenters. The molecule has 3 aromatic carbocycles. The number of ether oxygens (including phenoxy) is 1. The average molecular weight is 361 g/mol. The molecule has 0 heterocycles. The zero-order chi connectivity index (χ0) is 19.2. The number of carbonyl (C=O) groups excluding carboxylic acids is 2. The number of hydrogen-bond acceptors (Lipinski definition) is 3. The van der Waals surface area contributed by atoms with Gasteiger partial charge in [-0.25, -0.2) is 0 Å². The quantitative estimate of drug-likeness (QED) is 0.621. The zero-order valence-electron chi connectivity index (χ0n) is 15.6. The zero-order valence-corrected chi connectivity index (χ0v) is 15.6. The van der Waals surface area contributed by atoms with Gasteiger partial charge in [-0.3, -0.25) is 9.59 Å². The van der Waals surface area contributed by atoms with Gasteiger partial charge in [-0.05, 0) is 53.6 Å². The van der Waals surface area contributed by atoms with Gasteiger partial charge in [0.2, 0.25) is 0 Å². The lowest BCUT2D eigenvalue weighted by Gasteiger charge is -2.15. The molecule has 0 aliphatic carbocycles. The number of Topliss-reactive ketones (excluding diaryl/α,β-unsaturated/α-hetero) is 1. The lowest BCUT2D eigenvalue weighted by atomic mass is 10.0. The van der Waals surface area contributed by atoms with E-state index < -0.39 is 0 Å². The Hall–Kier alpha value is -3.14. The minimum absolute atomic E-state index is 0.0704. The number of carbonyl (C=O) groups is 2. The molecule has 4 heteroatoms. The highest BCUT2D eigenvalue weighted by atomic mass is 16.5. The summed E-state index contributed by atoms with van der Waals surface area (Å²) >= 11 is 0. The molecular formula is C23H23NO3. The predicted molar refractivity (Wildman–Crippen MR) is 107 cm³/mol. The van der Waals surface area contributed by atoms with Crippen LogP contribution in [0.25, 0.3) is 10.8 Å². The first kappa shape index (κ1) is 18.6. The van der Waals surface area contributed by atoms with Gasteiger partial charge in [0.15, 0.2) is 12.4 Å². The molecule has 1 amide bonds. The van der Waals surface area contributed by atoms with Crippen LogP contribution < -0.4 is 10.1 Å². The molecule has 0 saturated heterocycles. The lowest BCUT2D eigenvalue weighted by molar-refractivity contribution is -0.123. The van der Waals surface area contributed by atoms with Crippen molar-refractivity contribution in [2.75, 3.05) is 6.61 Å². The fraction of sp³-hybridized carbons (Fsp3) is 0.217. The Morgan fingerprint density at radius 1 is 0.963 bits per heavy atom. The maximum Gasteiger partial charge on any atom is 0.258 e. The highest BCUT2D eigenvalue weighted by molar-refractivity contribution is 5.95. The van der Waals surface area contributed by atoms with E-state index in [2.05, 4.69) is 29.6 Å². The first-order chi connectivity index (χ1) is 13.1. The smallest absolute Gasteiger partial charge is 0.258 e. The second kappa shape index (κ2) is 8.49. The number of ketones is 1. The summed E-state index contributed by atoms with van der Waals surface area (Å²) in [7, 11) is 0. The van der Waals surface area contributed by atoms with Crippen LogP contribution in [-0.4, -0.2) is 18.3 Å². The molecule has 0 spiro atoms. The first-order valence-electron chi connectivity index (χ1n) is 9.11. The summed E-state index contributed by atoms with van der Waals surface area (Å²) < 4.78 is 5.52. The number of rotatable bonds is 7. The molecule has 1 N–H and O–H groups in total. The van der Waals surface area contributed by atoms with Crippen molar-refractivity contribution in [1.82, 2.24) is 5.32 Å². The minimum Gasteiger partial charge on any atom is -0.484 e. The third-order valence-electron chi connectivity index (χ3n) is 4.52. The van der Waals surface area contributed by atoms with E-state index in [9.17, 15) is 9.59 Å². The Morgan fingerprint density at radius 3 is 2.37 bits per heavy atom. The fourth-order valence-electron chi connectivity index (χ4n) is 2.93. The molecule has 0 saturated carbocycles. The van der Waals surface area contributed by atoms with Crippen LogP contribution in [0.4, 0.5) is 0 Å². The molecule has 1 unspecified atom stereocenters. The normalized spacial score (nSPS) is 11.8. The van der Waals surface area contributed by atoms with Gasteiger partial charge < -0.3 is 10.1 Å². The van der Waals surface area contributed by atoms with Crippen LogP contribution in [0.2, 0.25) is 0 Å². The molecule has 0 radical (unpaired) electrons. The minimum atomic E-state index is -0.190. The molecule has 138 valence electrons. The van der Waals surface area contributed by atoms with Crippen molar-refractivity contribution in [3.8, 4) is 5.75 Å². The van der Waals surface area contributed by atoms with Gasteiger partial charge in [0.05, 0.1) is 6.04 Å². The summed E-state index contributed by atoms with van der Waals surface area (Å²) in [5.74, 6) is 0.462. The molecule has 0 aromatic heterocycles.